The minimum atomic E-state index is 0.153. The van der Waals surface area contributed by atoms with Crippen LogP contribution in [0.4, 0.5) is 0 Å². The molecule has 0 spiro atoms. The number of hydrogen-bond donors (Lipinski definition) is 1. The van der Waals surface area contributed by atoms with Crippen molar-refractivity contribution in [2.45, 2.75) is 38.9 Å². The van der Waals surface area contributed by atoms with Gasteiger partial charge in [0.1, 0.15) is 5.75 Å². The summed E-state index contributed by atoms with van der Waals surface area (Å²) in [6, 6.07) is 7.91. The number of aliphatic hydroxyl groups excluding tert-OH is 1. The van der Waals surface area contributed by atoms with Crippen molar-refractivity contribution in [1.29, 1.82) is 0 Å². The summed E-state index contributed by atoms with van der Waals surface area (Å²) in [5.74, 6) is 1.26. The van der Waals surface area contributed by atoms with Crippen LogP contribution in [-0.2, 0) is 16.1 Å². The number of ether oxygens (including phenoxy) is 3. The summed E-state index contributed by atoms with van der Waals surface area (Å²) < 4.78 is 16.7. The van der Waals surface area contributed by atoms with Gasteiger partial charge >= 0.3 is 0 Å². The highest BCUT2D eigenvalue weighted by Crippen LogP contribution is 2.16. The summed E-state index contributed by atoms with van der Waals surface area (Å²) in [7, 11) is 1.66. The van der Waals surface area contributed by atoms with E-state index in [0.717, 1.165) is 30.6 Å². The van der Waals surface area contributed by atoms with E-state index >= 15 is 0 Å². The van der Waals surface area contributed by atoms with Crippen molar-refractivity contribution < 1.29 is 19.3 Å². The molecule has 0 fully saturated rings. The molecule has 0 radical (unpaired) electrons. The molecule has 1 aromatic rings. The van der Waals surface area contributed by atoms with Gasteiger partial charge in [-0.25, -0.2) is 0 Å². The van der Waals surface area contributed by atoms with Crippen molar-refractivity contribution in [2.24, 2.45) is 5.92 Å². The lowest BCUT2D eigenvalue weighted by Crippen LogP contribution is -2.20. The molecular formula is C19H30O4. The number of methoxy groups -OCH3 is 1. The zero-order valence-electron chi connectivity index (χ0n) is 14.4. The van der Waals surface area contributed by atoms with Gasteiger partial charge in [0.25, 0.3) is 0 Å². The van der Waals surface area contributed by atoms with Gasteiger partial charge in [-0.3, -0.25) is 0 Å². The van der Waals surface area contributed by atoms with E-state index < -0.39 is 0 Å². The molecule has 1 N–H and O–H groups in total. The van der Waals surface area contributed by atoms with Crippen LogP contribution in [0.5, 0.6) is 5.75 Å². The first-order valence-electron chi connectivity index (χ1n) is 8.23. The lowest BCUT2D eigenvalue weighted by molar-refractivity contribution is 0.0236. The predicted octanol–water partition coefficient (Wildman–Crippen LogP) is 3.58. The van der Waals surface area contributed by atoms with Gasteiger partial charge in [0.2, 0.25) is 0 Å². The Morgan fingerprint density at radius 3 is 2.61 bits per heavy atom. The van der Waals surface area contributed by atoms with Gasteiger partial charge < -0.3 is 19.3 Å². The maximum absolute atomic E-state index is 8.97. The normalized spacial score (nSPS) is 13.5. The molecule has 0 aliphatic carbocycles. The molecule has 0 saturated carbocycles. The summed E-state index contributed by atoms with van der Waals surface area (Å²) in [6.45, 7) is 7.89. The van der Waals surface area contributed by atoms with E-state index in [1.54, 1.807) is 13.2 Å². The van der Waals surface area contributed by atoms with Crippen LogP contribution >= 0.6 is 0 Å². The highest BCUT2D eigenvalue weighted by atomic mass is 16.5. The molecule has 0 unspecified atom stereocenters. The van der Waals surface area contributed by atoms with Crippen LogP contribution < -0.4 is 4.74 Å². The monoisotopic (exact) mass is 322 g/mol. The first-order chi connectivity index (χ1) is 11.2. The fraction of sp³-hybridized carbons (Fsp3) is 0.579. The van der Waals surface area contributed by atoms with Crippen LogP contribution in [0.1, 0.15) is 31.7 Å². The highest BCUT2D eigenvalue weighted by Gasteiger charge is 2.13. The van der Waals surface area contributed by atoms with Gasteiger partial charge in [-0.15, -0.1) is 6.58 Å². The molecule has 2 atom stereocenters. The number of rotatable bonds is 13. The van der Waals surface area contributed by atoms with Gasteiger partial charge in [0.15, 0.2) is 0 Å². The van der Waals surface area contributed by atoms with E-state index in [2.05, 4.69) is 13.5 Å². The van der Waals surface area contributed by atoms with Gasteiger partial charge in [0.05, 0.1) is 26.4 Å². The van der Waals surface area contributed by atoms with Gasteiger partial charge in [0, 0.05) is 13.2 Å². The molecule has 0 aliphatic rings. The van der Waals surface area contributed by atoms with Crippen LogP contribution in [0.15, 0.2) is 36.9 Å². The summed E-state index contributed by atoms with van der Waals surface area (Å²) in [5, 5.41) is 8.97. The molecule has 0 amide bonds. The second kappa shape index (κ2) is 12.1. The Kier molecular flexibility index (Phi) is 10.4. The minimum Gasteiger partial charge on any atom is -0.497 e. The molecule has 23 heavy (non-hydrogen) atoms. The third-order valence-corrected chi connectivity index (χ3v) is 3.63. The molecule has 0 saturated heterocycles. The van der Waals surface area contributed by atoms with E-state index in [4.69, 9.17) is 19.3 Å². The SMILES string of the molecule is C=CCO[C@@H](CCCO)C[C@@H](C)COCc1ccc(OC)cc1. The number of hydrogen-bond acceptors (Lipinski definition) is 4. The summed E-state index contributed by atoms with van der Waals surface area (Å²) in [4.78, 5) is 0. The highest BCUT2D eigenvalue weighted by molar-refractivity contribution is 5.26. The molecular weight excluding hydrogens is 292 g/mol. The molecule has 0 aliphatic heterocycles. The zero-order chi connectivity index (χ0) is 16.9. The Morgan fingerprint density at radius 1 is 1.26 bits per heavy atom. The fourth-order valence-electron chi connectivity index (χ4n) is 2.41. The first kappa shape index (κ1) is 19.7. The molecule has 0 aromatic heterocycles. The topological polar surface area (TPSA) is 47.9 Å². The largest absolute Gasteiger partial charge is 0.497 e. The minimum absolute atomic E-state index is 0.153. The Labute approximate surface area is 140 Å². The molecule has 1 aromatic carbocycles. The Morgan fingerprint density at radius 2 is 2.00 bits per heavy atom. The summed E-state index contributed by atoms with van der Waals surface area (Å²) in [5.41, 5.74) is 1.14. The first-order valence-corrected chi connectivity index (χ1v) is 8.23. The quantitative estimate of drug-likeness (QED) is 0.564. The molecule has 130 valence electrons. The smallest absolute Gasteiger partial charge is 0.118 e. The fourth-order valence-corrected chi connectivity index (χ4v) is 2.41. The van der Waals surface area contributed by atoms with Crippen molar-refractivity contribution in [2.75, 3.05) is 26.9 Å². The van der Waals surface area contributed by atoms with E-state index in [1.807, 2.05) is 24.3 Å². The van der Waals surface area contributed by atoms with Crippen LogP contribution in [-0.4, -0.2) is 38.1 Å². The average molecular weight is 322 g/mol. The molecule has 0 bridgehead atoms. The van der Waals surface area contributed by atoms with Crippen LogP contribution in [0.25, 0.3) is 0 Å². The van der Waals surface area contributed by atoms with Crippen molar-refractivity contribution >= 4 is 0 Å². The maximum atomic E-state index is 8.97. The third kappa shape index (κ3) is 8.74. The standard InChI is InChI=1S/C19H30O4/c1-4-12-23-19(6-5-11-20)13-16(2)14-22-15-17-7-9-18(21-3)10-8-17/h4,7-10,16,19-20H,1,5-6,11-15H2,2-3H3/t16-,19+/m1/s1. The average Bonchev–Trinajstić information content (AvgIpc) is 2.58. The van der Waals surface area contributed by atoms with E-state index in [0.29, 0.717) is 25.7 Å². The predicted molar refractivity (Wildman–Crippen MR) is 92.7 cm³/mol. The molecule has 4 nitrogen and oxygen atoms in total. The van der Waals surface area contributed by atoms with Crippen LogP contribution in [0, 0.1) is 5.92 Å². The second-order valence-corrected chi connectivity index (χ2v) is 5.81. The van der Waals surface area contributed by atoms with Gasteiger partial charge in [-0.1, -0.05) is 25.1 Å². The van der Waals surface area contributed by atoms with Gasteiger partial charge in [-0.05, 0) is 42.9 Å². The maximum Gasteiger partial charge on any atom is 0.118 e. The Balaban J connectivity index is 2.29. The lowest BCUT2D eigenvalue weighted by atomic mass is 10.0. The van der Waals surface area contributed by atoms with Gasteiger partial charge in [-0.2, -0.15) is 0 Å². The number of aliphatic hydroxyl groups is 1. The summed E-state index contributed by atoms with van der Waals surface area (Å²) in [6.07, 6.45) is 4.47. The van der Waals surface area contributed by atoms with E-state index in [9.17, 15) is 0 Å². The van der Waals surface area contributed by atoms with Crippen molar-refractivity contribution in [3.8, 4) is 5.75 Å². The van der Waals surface area contributed by atoms with E-state index in [1.165, 1.54) is 0 Å². The Hall–Kier alpha value is -1.36. The zero-order valence-corrected chi connectivity index (χ0v) is 14.4. The van der Waals surface area contributed by atoms with E-state index in [-0.39, 0.29) is 12.7 Å². The Bertz CT molecular complexity index is 416. The summed E-state index contributed by atoms with van der Waals surface area (Å²) >= 11 is 0. The second-order valence-electron chi connectivity index (χ2n) is 5.81. The molecule has 4 heteroatoms. The lowest BCUT2D eigenvalue weighted by Gasteiger charge is -2.21. The molecule has 1 rings (SSSR count). The van der Waals surface area contributed by atoms with Crippen molar-refractivity contribution in [3.05, 3.63) is 42.5 Å². The van der Waals surface area contributed by atoms with Crippen molar-refractivity contribution in [1.82, 2.24) is 0 Å². The van der Waals surface area contributed by atoms with Crippen molar-refractivity contribution in [3.63, 3.8) is 0 Å². The van der Waals surface area contributed by atoms with Crippen LogP contribution in [0.2, 0.25) is 0 Å². The third-order valence-electron chi connectivity index (χ3n) is 3.63. The molecule has 0 heterocycles. The van der Waals surface area contributed by atoms with Crippen LogP contribution in [0.3, 0.4) is 0 Å². The number of benzene rings is 1.